The van der Waals surface area contributed by atoms with Gasteiger partial charge in [-0.05, 0) is 29.5 Å². The Morgan fingerprint density at radius 2 is 1.79 bits per heavy atom. The minimum absolute atomic E-state index is 0.0834. The second-order valence-electron chi connectivity index (χ2n) is 4.88. The maximum Gasteiger partial charge on any atom is 0.313 e. The molecule has 0 aromatic heterocycles. The summed E-state index contributed by atoms with van der Waals surface area (Å²) in [7, 11) is 0. The third-order valence-corrected chi connectivity index (χ3v) is 3.64. The van der Waals surface area contributed by atoms with E-state index in [1.165, 1.54) is 5.56 Å². The summed E-state index contributed by atoms with van der Waals surface area (Å²) in [4.78, 5) is 12.2. The lowest BCUT2D eigenvalue weighted by atomic mass is 10.0. The highest BCUT2D eigenvalue weighted by molar-refractivity contribution is 5.79. The van der Waals surface area contributed by atoms with Gasteiger partial charge in [-0.3, -0.25) is 4.79 Å². The Labute approximate surface area is 113 Å². The lowest BCUT2D eigenvalue weighted by Gasteiger charge is -2.11. The first kappa shape index (κ1) is 12.0. The smallest absolute Gasteiger partial charge is 0.313 e. The van der Waals surface area contributed by atoms with Gasteiger partial charge in [-0.1, -0.05) is 54.6 Å². The van der Waals surface area contributed by atoms with Crippen LogP contribution in [-0.2, 0) is 22.6 Å². The minimum Gasteiger partial charge on any atom is -0.460 e. The van der Waals surface area contributed by atoms with Crippen molar-refractivity contribution in [2.45, 2.75) is 25.4 Å². The fourth-order valence-corrected chi connectivity index (χ4v) is 2.63. The van der Waals surface area contributed by atoms with Gasteiger partial charge in [0.1, 0.15) is 6.61 Å². The molecule has 0 radical (unpaired) electrons. The maximum absolute atomic E-state index is 12.2. The Morgan fingerprint density at radius 1 is 1.05 bits per heavy atom. The number of aryl methyl sites for hydroxylation is 1. The molecule has 19 heavy (non-hydrogen) atoms. The molecule has 1 aliphatic rings. The van der Waals surface area contributed by atoms with E-state index in [1.807, 2.05) is 48.5 Å². The van der Waals surface area contributed by atoms with E-state index in [1.54, 1.807) is 0 Å². The molecule has 96 valence electrons. The third-order valence-electron chi connectivity index (χ3n) is 3.64. The van der Waals surface area contributed by atoms with Gasteiger partial charge in [-0.2, -0.15) is 0 Å². The Morgan fingerprint density at radius 3 is 2.63 bits per heavy atom. The van der Waals surface area contributed by atoms with Gasteiger partial charge in [-0.15, -0.1) is 0 Å². The zero-order chi connectivity index (χ0) is 13.1. The van der Waals surface area contributed by atoms with Gasteiger partial charge < -0.3 is 4.74 Å². The van der Waals surface area contributed by atoms with Crippen LogP contribution in [-0.4, -0.2) is 5.97 Å². The van der Waals surface area contributed by atoms with Gasteiger partial charge in [0, 0.05) is 0 Å². The predicted molar refractivity (Wildman–Crippen MR) is 73.7 cm³/mol. The summed E-state index contributed by atoms with van der Waals surface area (Å²) in [6.45, 7) is 0.359. The molecule has 3 rings (SSSR count). The molecule has 2 aromatic rings. The van der Waals surface area contributed by atoms with Crippen molar-refractivity contribution in [3.63, 3.8) is 0 Å². The number of carbonyl (C=O) groups excluding carboxylic acids is 1. The number of ether oxygens (including phenoxy) is 1. The fraction of sp³-hybridized carbons (Fsp3) is 0.235. The van der Waals surface area contributed by atoms with Crippen molar-refractivity contribution < 1.29 is 9.53 Å². The van der Waals surface area contributed by atoms with E-state index in [0.717, 1.165) is 24.0 Å². The van der Waals surface area contributed by atoms with Crippen LogP contribution in [0.15, 0.2) is 54.6 Å². The van der Waals surface area contributed by atoms with Crippen LogP contribution in [0.4, 0.5) is 0 Å². The van der Waals surface area contributed by atoms with E-state index < -0.39 is 0 Å². The van der Waals surface area contributed by atoms with Crippen molar-refractivity contribution in [3.05, 3.63) is 71.3 Å². The zero-order valence-electron chi connectivity index (χ0n) is 10.7. The second kappa shape index (κ2) is 5.27. The van der Waals surface area contributed by atoms with Gasteiger partial charge in [0.05, 0.1) is 5.92 Å². The molecular formula is C17H16O2. The van der Waals surface area contributed by atoms with Crippen molar-refractivity contribution in [2.75, 3.05) is 0 Å². The molecule has 0 aliphatic heterocycles. The molecule has 0 heterocycles. The van der Waals surface area contributed by atoms with E-state index in [4.69, 9.17) is 4.74 Å². The zero-order valence-corrected chi connectivity index (χ0v) is 10.7. The molecule has 2 heteroatoms. The van der Waals surface area contributed by atoms with Crippen LogP contribution >= 0.6 is 0 Å². The highest BCUT2D eigenvalue weighted by Gasteiger charge is 2.29. The van der Waals surface area contributed by atoms with E-state index in [9.17, 15) is 4.79 Å². The number of esters is 1. The standard InChI is InChI=1S/C17H16O2/c18-17(19-12-13-6-2-1-3-7-13)16-11-10-14-8-4-5-9-15(14)16/h1-9,16H,10-12H2. The van der Waals surface area contributed by atoms with Crippen LogP contribution in [0.25, 0.3) is 0 Å². The normalized spacial score (nSPS) is 16.9. The molecule has 0 amide bonds. The first-order valence-corrected chi connectivity index (χ1v) is 6.63. The van der Waals surface area contributed by atoms with Gasteiger partial charge in [0.15, 0.2) is 0 Å². The predicted octanol–water partition coefficient (Wildman–Crippen LogP) is 3.46. The number of benzene rings is 2. The van der Waals surface area contributed by atoms with Crippen LogP contribution < -0.4 is 0 Å². The lowest BCUT2D eigenvalue weighted by Crippen LogP contribution is -2.13. The SMILES string of the molecule is O=C(OCc1ccccc1)C1CCc2ccccc21. The maximum atomic E-state index is 12.2. The van der Waals surface area contributed by atoms with Crippen molar-refractivity contribution >= 4 is 5.97 Å². The number of hydrogen-bond donors (Lipinski definition) is 0. The van der Waals surface area contributed by atoms with E-state index in [-0.39, 0.29) is 11.9 Å². The Kier molecular flexibility index (Phi) is 3.32. The van der Waals surface area contributed by atoms with Crippen LogP contribution in [0.1, 0.15) is 29.0 Å². The quantitative estimate of drug-likeness (QED) is 0.782. The molecule has 0 saturated carbocycles. The van der Waals surface area contributed by atoms with Crippen LogP contribution in [0, 0.1) is 0 Å². The largest absolute Gasteiger partial charge is 0.460 e. The van der Waals surface area contributed by atoms with E-state index in [2.05, 4.69) is 6.07 Å². The number of rotatable bonds is 3. The van der Waals surface area contributed by atoms with Crippen LogP contribution in [0.3, 0.4) is 0 Å². The molecule has 0 saturated heterocycles. The average Bonchev–Trinajstić information content (AvgIpc) is 2.90. The van der Waals surface area contributed by atoms with Gasteiger partial charge in [0.2, 0.25) is 0 Å². The molecule has 0 bridgehead atoms. The highest BCUT2D eigenvalue weighted by Crippen LogP contribution is 2.33. The Bertz CT molecular complexity index is 575. The molecule has 0 N–H and O–H groups in total. The van der Waals surface area contributed by atoms with Gasteiger partial charge in [-0.25, -0.2) is 0 Å². The molecular weight excluding hydrogens is 236 g/mol. The number of fused-ring (bicyclic) bond motifs is 1. The Hall–Kier alpha value is -2.09. The number of carbonyl (C=O) groups is 1. The lowest BCUT2D eigenvalue weighted by molar-refractivity contribution is -0.146. The van der Waals surface area contributed by atoms with Crippen molar-refractivity contribution in [1.29, 1.82) is 0 Å². The summed E-state index contributed by atoms with van der Waals surface area (Å²) in [5.74, 6) is -0.186. The summed E-state index contributed by atoms with van der Waals surface area (Å²) in [5.41, 5.74) is 3.45. The monoisotopic (exact) mass is 252 g/mol. The van der Waals surface area contributed by atoms with Crippen LogP contribution in [0.5, 0.6) is 0 Å². The van der Waals surface area contributed by atoms with Crippen LogP contribution in [0.2, 0.25) is 0 Å². The van der Waals surface area contributed by atoms with Crippen molar-refractivity contribution in [3.8, 4) is 0 Å². The van der Waals surface area contributed by atoms with E-state index >= 15 is 0 Å². The molecule has 2 aromatic carbocycles. The first-order valence-electron chi connectivity index (χ1n) is 6.63. The average molecular weight is 252 g/mol. The van der Waals surface area contributed by atoms with Gasteiger partial charge >= 0.3 is 5.97 Å². The topological polar surface area (TPSA) is 26.3 Å². The molecule has 0 spiro atoms. The first-order chi connectivity index (χ1) is 9.34. The molecule has 1 atom stereocenters. The Balaban J connectivity index is 1.66. The highest BCUT2D eigenvalue weighted by atomic mass is 16.5. The summed E-state index contributed by atoms with van der Waals surface area (Å²) in [6.07, 6.45) is 1.84. The molecule has 1 aliphatic carbocycles. The molecule has 2 nitrogen and oxygen atoms in total. The van der Waals surface area contributed by atoms with Crippen molar-refractivity contribution in [1.82, 2.24) is 0 Å². The molecule has 1 unspecified atom stereocenters. The molecule has 0 fully saturated rings. The summed E-state index contributed by atoms with van der Waals surface area (Å²) < 4.78 is 5.43. The van der Waals surface area contributed by atoms with Gasteiger partial charge in [0.25, 0.3) is 0 Å². The third kappa shape index (κ3) is 2.53. The van der Waals surface area contributed by atoms with Crippen molar-refractivity contribution in [2.24, 2.45) is 0 Å². The number of hydrogen-bond acceptors (Lipinski definition) is 2. The summed E-state index contributed by atoms with van der Waals surface area (Å²) >= 11 is 0. The van der Waals surface area contributed by atoms with E-state index in [0.29, 0.717) is 6.61 Å². The minimum atomic E-state index is -0.103. The second-order valence-corrected chi connectivity index (χ2v) is 4.88. The summed E-state index contributed by atoms with van der Waals surface area (Å²) in [6, 6.07) is 17.9. The fourth-order valence-electron chi connectivity index (χ4n) is 2.63. The summed E-state index contributed by atoms with van der Waals surface area (Å²) in [5, 5.41) is 0.